The summed E-state index contributed by atoms with van der Waals surface area (Å²) < 4.78 is 26.6. The van der Waals surface area contributed by atoms with Crippen molar-refractivity contribution in [1.82, 2.24) is 0 Å². The number of sulfonamides is 1. The van der Waals surface area contributed by atoms with Gasteiger partial charge in [0.1, 0.15) is 6.04 Å². The first kappa shape index (κ1) is 13.5. The molecule has 0 aliphatic carbocycles. The summed E-state index contributed by atoms with van der Waals surface area (Å²) in [7, 11) is -2.39. The summed E-state index contributed by atoms with van der Waals surface area (Å²) in [6.07, 6.45) is 0. The Kier molecular flexibility index (Phi) is 4.08. The molecule has 0 aromatic heterocycles. The third kappa shape index (κ3) is 3.72. The van der Waals surface area contributed by atoms with Crippen LogP contribution in [0.1, 0.15) is 6.92 Å². The third-order valence-electron chi connectivity index (χ3n) is 2.12. The first-order valence-electron chi connectivity index (χ1n) is 4.82. The Morgan fingerprint density at radius 1 is 1.35 bits per heavy atom. The molecule has 1 aromatic rings. The molecule has 0 fully saturated rings. The van der Waals surface area contributed by atoms with Crippen LogP contribution in [0.4, 0.5) is 5.69 Å². The fourth-order valence-electron chi connectivity index (χ4n) is 1.23. The molecule has 0 aliphatic heterocycles. The van der Waals surface area contributed by atoms with E-state index >= 15 is 0 Å². The highest BCUT2D eigenvalue weighted by atomic mass is 32.2. The number of ether oxygens (including phenoxy) is 1. The van der Waals surface area contributed by atoms with Crippen LogP contribution in [0.15, 0.2) is 29.2 Å². The molecular weight excluding hydrogens is 244 g/mol. The summed E-state index contributed by atoms with van der Waals surface area (Å²) in [6.45, 7) is 1.64. The van der Waals surface area contributed by atoms with Gasteiger partial charge in [0, 0.05) is 5.69 Å². The second-order valence-electron chi connectivity index (χ2n) is 3.46. The largest absolute Gasteiger partial charge is 0.467 e. The van der Waals surface area contributed by atoms with E-state index in [2.05, 4.69) is 10.1 Å². The number of rotatable bonds is 4. The molecule has 0 saturated heterocycles. The Balaban J connectivity index is 2.79. The van der Waals surface area contributed by atoms with Crippen molar-refractivity contribution in [2.75, 3.05) is 12.4 Å². The zero-order valence-corrected chi connectivity index (χ0v) is 10.3. The van der Waals surface area contributed by atoms with Gasteiger partial charge in [-0.1, -0.05) is 0 Å². The lowest BCUT2D eigenvalue weighted by atomic mass is 10.2. The quantitative estimate of drug-likeness (QED) is 0.757. The number of benzene rings is 1. The number of nitrogens with one attached hydrogen (secondary N) is 1. The Labute approximate surface area is 99.8 Å². The van der Waals surface area contributed by atoms with Crippen molar-refractivity contribution in [3.8, 4) is 0 Å². The molecule has 1 aromatic carbocycles. The minimum absolute atomic E-state index is 0.0220. The van der Waals surface area contributed by atoms with Gasteiger partial charge in [-0.15, -0.1) is 0 Å². The summed E-state index contributed by atoms with van der Waals surface area (Å²) in [4.78, 5) is 11.2. The Morgan fingerprint density at radius 3 is 2.29 bits per heavy atom. The molecule has 0 saturated carbocycles. The van der Waals surface area contributed by atoms with E-state index in [0.717, 1.165) is 0 Å². The van der Waals surface area contributed by atoms with Crippen LogP contribution in [0.5, 0.6) is 0 Å². The summed E-state index contributed by atoms with van der Waals surface area (Å²) in [5.41, 5.74) is 0.607. The highest BCUT2D eigenvalue weighted by Crippen LogP contribution is 2.13. The van der Waals surface area contributed by atoms with E-state index in [1.807, 2.05) is 0 Å². The zero-order chi connectivity index (χ0) is 13.1. The Bertz CT molecular complexity index is 496. The van der Waals surface area contributed by atoms with E-state index in [1.165, 1.54) is 31.4 Å². The van der Waals surface area contributed by atoms with E-state index in [-0.39, 0.29) is 4.90 Å². The number of esters is 1. The smallest absolute Gasteiger partial charge is 0.327 e. The summed E-state index contributed by atoms with van der Waals surface area (Å²) >= 11 is 0. The number of primary sulfonamides is 1. The van der Waals surface area contributed by atoms with Crippen molar-refractivity contribution in [3.63, 3.8) is 0 Å². The molecule has 1 rings (SSSR count). The Morgan fingerprint density at radius 2 is 1.88 bits per heavy atom. The molecule has 7 heteroatoms. The molecule has 0 radical (unpaired) electrons. The first-order valence-corrected chi connectivity index (χ1v) is 6.36. The number of nitrogens with two attached hydrogens (primary N) is 1. The van der Waals surface area contributed by atoms with E-state index in [0.29, 0.717) is 5.69 Å². The molecular formula is C10H14N2O4S. The average Bonchev–Trinajstić information content (AvgIpc) is 2.27. The fourth-order valence-corrected chi connectivity index (χ4v) is 1.74. The monoisotopic (exact) mass is 258 g/mol. The van der Waals surface area contributed by atoms with Crippen LogP contribution in [0.3, 0.4) is 0 Å². The van der Waals surface area contributed by atoms with Crippen molar-refractivity contribution < 1.29 is 17.9 Å². The van der Waals surface area contributed by atoms with Gasteiger partial charge >= 0.3 is 5.97 Å². The van der Waals surface area contributed by atoms with Crippen LogP contribution in [0.2, 0.25) is 0 Å². The van der Waals surface area contributed by atoms with E-state index in [1.54, 1.807) is 6.92 Å². The maximum absolute atomic E-state index is 11.1. The van der Waals surface area contributed by atoms with Crippen molar-refractivity contribution in [2.24, 2.45) is 5.14 Å². The number of hydrogen-bond donors (Lipinski definition) is 2. The van der Waals surface area contributed by atoms with Gasteiger partial charge in [0.15, 0.2) is 0 Å². The van der Waals surface area contributed by atoms with E-state index < -0.39 is 22.0 Å². The second-order valence-corrected chi connectivity index (χ2v) is 5.02. The summed E-state index contributed by atoms with van der Waals surface area (Å²) in [6, 6.07) is 5.27. The highest BCUT2D eigenvalue weighted by Gasteiger charge is 2.13. The van der Waals surface area contributed by atoms with Crippen LogP contribution in [0, 0.1) is 0 Å². The molecule has 94 valence electrons. The minimum atomic E-state index is -3.69. The molecule has 0 spiro atoms. The Hall–Kier alpha value is -1.60. The van der Waals surface area contributed by atoms with Crippen molar-refractivity contribution in [1.29, 1.82) is 0 Å². The molecule has 1 atom stereocenters. The maximum atomic E-state index is 11.1. The number of hydrogen-bond acceptors (Lipinski definition) is 5. The van der Waals surface area contributed by atoms with E-state index in [9.17, 15) is 13.2 Å². The second kappa shape index (κ2) is 5.15. The van der Waals surface area contributed by atoms with Gasteiger partial charge < -0.3 is 10.1 Å². The molecule has 0 bridgehead atoms. The third-order valence-corrected chi connectivity index (χ3v) is 3.05. The van der Waals surface area contributed by atoms with Gasteiger partial charge in [0.2, 0.25) is 10.0 Å². The lowest BCUT2D eigenvalue weighted by molar-refractivity contribution is -0.141. The SMILES string of the molecule is COC(=O)C(C)Nc1ccc(S(N)(=O)=O)cc1. The molecule has 0 aliphatic rings. The number of carbonyl (C=O) groups is 1. The highest BCUT2D eigenvalue weighted by molar-refractivity contribution is 7.89. The van der Waals surface area contributed by atoms with Crippen molar-refractivity contribution in [3.05, 3.63) is 24.3 Å². The standard InChI is InChI=1S/C10H14N2O4S/c1-7(10(13)16-2)12-8-3-5-9(6-4-8)17(11,14)15/h3-7,12H,1-2H3,(H2,11,14,15). The number of carbonyl (C=O) groups excluding carboxylic acids is 1. The molecule has 17 heavy (non-hydrogen) atoms. The van der Waals surface area contributed by atoms with Gasteiger partial charge in [-0.25, -0.2) is 18.4 Å². The number of anilines is 1. The predicted molar refractivity (Wildman–Crippen MR) is 62.9 cm³/mol. The maximum Gasteiger partial charge on any atom is 0.327 e. The normalized spacial score (nSPS) is 12.9. The van der Waals surface area contributed by atoms with Gasteiger partial charge in [-0.2, -0.15) is 0 Å². The summed E-state index contributed by atoms with van der Waals surface area (Å²) in [5, 5.41) is 7.82. The van der Waals surface area contributed by atoms with Crippen LogP contribution in [-0.4, -0.2) is 27.5 Å². The lowest BCUT2D eigenvalue weighted by Gasteiger charge is -2.12. The summed E-state index contributed by atoms with van der Waals surface area (Å²) in [5.74, 6) is -0.402. The van der Waals surface area contributed by atoms with Gasteiger partial charge in [0.25, 0.3) is 0 Å². The fraction of sp³-hybridized carbons (Fsp3) is 0.300. The molecule has 3 N–H and O–H groups in total. The van der Waals surface area contributed by atoms with Gasteiger partial charge in [-0.05, 0) is 31.2 Å². The molecule has 0 amide bonds. The van der Waals surface area contributed by atoms with Crippen molar-refractivity contribution >= 4 is 21.7 Å². The van der Waals surface area contributed by atoms with Gasteiger partial charge in [0.05, 0.1) is 12.0 Å². The molecule has 0 heterocycles. The number of methoxy groups -OCH3 is 1. The van der Waals surface area contributed by atoms with Crippen LogP contribution in [-0.2, 0) is 19.6 Å². The average molecular weight is 258 g/mol. The zero-order valence-electron chi connectivity index (χ0n) is 9.51. The first-order chi connectivity index (χ1) is 7.84. The predicted octanol–water partition coefficient (Wildman–Crippen LogP) is 0.307. The minimum Gasteiger partial charge on any atom is -0.467 e. The van der Waals surface area contributed by atoms with Crippen LogP contribution in [0.25, 0.3) is 0 Å². The molecule has 6 nitrogen and oxygen atoms in total. The van der Waals surface area contributed by atoms with Gasteiger partial charge in [-0.3, -0.25) is 0 Å². The van der Waals surface area contributed by atoms with Crippen LogP contribution < -0.4 is 10.5 Å². The van der Waals surface area contributed by atoms with Crippen LogP contribution >= 0.6 is 0 Å². The lowest BCUT2D eigenvalue weighted by Crippen LogP contribution is -2.27. The topological polar surface area (TPSA) is 98.5 Å². The van der Waals surface area contributed by atoms with E-state index in [4.69, 9.17) is 5.14 Å². The molecule has 1 unspecified atom stereocenters. The van der Waals surface area contributed by atoms with Crippen molar-refractivity contribution in [2.45, 2.75) is 17.9 Å².